The van der Waals surface area contributed by atoms with Crippen molar-refractivity contribution in [3.05, 3.63) is 230 Å². The first kappa shape index (κ1) is 37.0. The first-order chi connectivity index (χ1) is 32.8. The Morgan fingerprint density at radius 1 is 0.364 bits per heavy atom. The van der Waals surface area contributed by atoms with Crippen molar-refractivity contribution in [2.24, 2.45) is 0 Å². The van der Waals surface area contributed by atoms with Gasteiger partial charge in [0.25, 0.3) is 0 Å². The van der Waals surface area contributed by atoms with E-state index in [1.165, 1.54) is 104 Å². The third-order valence-electron chi connectivity index (χ3n) is 14.2. The molecule has 0 unspecified atom stereocenters. The highest BCUT2D eigenvalue weighted by atomic mass is 16.3. The van der Waals surface area contributed by atoms with Gasteiger partial charge in [0.2, 0.25) is 0 Å². The van der Waals surface area contributed by atoms with Gasteiger partial charge < -0.3 is 8.98 Å². The zero-order valence-corrected chi connectivity index (χ0v) is 36.1. The number of aromatic nitrogens is 1. The maximum Gasteiger partial charge on any atom is 0.143 e. The van der Waals surface area contributed by atoms with E-state index in [-0.39, 0.29) is 0 Å². The molecule has 0 aliphatic heterocycles. The summed E-state index contributed by atoms with van der Waals surface area (Å²) < 4.78 is 9.42. The Labute approximate surface area is 381 Å². The summed E-state index contributed by atoms with van der Waals surface area (Å²) in [6.07, 6.45) is 6.72. The first-order valence-electron chi connectivity index (χ1n) is 23.1. The average molecular weight is 840 g/mol. The van der Waals surface area contributed by atoms with Gasteiger partial charge in [0, 0.05) is 38.4 Å². The lowest BCUT2D eigenvalue weighted by Gasteiger charge is -2.23. The summed E-state index contributed by atoms with van der Waals surface area (Å²) in [5, 5.41) is 12.2. The summed E-state index contributed by atoms with van der Waals surface area (Å²) in [5.74, 6) is 0. The smallest absolute Gasteiger partial charge is 0.143 e. The number of rotatable bonds is 5. The third kappa shape index (κ3) is 5.42. The molecule has 1 aliphatic rings. The van der Waals surface area contributed by atoms with Crippen LogP contribution in [0.15, 0.2) is 223 Å². The molecule has 1 aliphatic carbocycles. The van der Waals surface area contributed by atoms with Crippen molar-refractivity contribution in [2.45, 2.75) is 12.8 Å². The molecule has 0 spiro atoms. The minimum atomic E-state index is 0.892. The number of furan rings is 1. The normalized spacial score (nSPS) is 12.7. The summed E-state index contributed by atoms with van der Waals surface area (Å²) in [4.78, 5) is 0. The Morgan fingerprint density at radius 3 is 1.53 bits per heavy atom. The molecule has 2 aromatic heterocycles. The van der Waals surface area contributed by atoms with Gasteiger partial charge in [0.15, 0.2) is 0 Å². The second kappa shape index (κ2) is 14.5. The molecule has 66 heavy (non-hydrogen) atoms. The molecule has 0 bridgehead atoms. The molecule has 13 aromatic rings. The van der Waals surface area contributed by atoms with Crippen LogP contribution in [0.4, 0.5) is 0 Å². The van der Waals surface area contributed by atoms with Crippen LogP contribution in [0.5, 0.6) is 0 Å². The van der Waals surface area contributed by atoms with Crippen molar-refractivity contribution in [3.63, 3.8) is 0 Å². The molecule has 2 heterocycles. The molecule has 2 nitrogen and oxygen atoms in total. The van der Waals surface area contributed by atoms with Crippen molar-refractivity contribution in [2.75, 3.05) is 0 Å². The zero-order chi connectivity index (χ0) is 43.3. The van der Waals surface area contributed by atoms with Crippen molar-refractivity contribution in [1.82, 2.24) is 4.57 Å². The van der Waals surface area contributed by atoms with Crippen LogP contribution in [0.1, 0.15) is 17.5 Å². The standard InChI is InChI=1S/C64H41NO/c1-2-18-40(19-3-1)60-50-28-8-10-30-52(50)63(53-31-11-9-29-51(53)60)55-33-17-32-54-56-39-42(36-37-59(56)66-64(54)55)62-48-26-6-4-24-46(48)61(47-25-5-7-27-49(47)62)41-20-16-21-43(38-41)65-57-34-14-12-22-44(57)45-23-13-15-35-58(45)65/h1-8,10-28,30-39H,9,29H2. The van der Waals surface area contributed by atoms with Crippen molar-refractivity contribution < 1.29 is 4.42 Å². The molecule has 2 heteroatoms. The number of hydrogen-bond acceptors (Lipinski definition) is 1. The molecular weight excluding hydrogens is 799 g/mol. The topological polar surface area (TPSA) is 18.1 Å². The molecule has 0 saturated carbocycles. The summed E-state index contributed by atoms with van der Waals surface area (Å²) in [6.45, 7) is 0. The Morgan fingerprint density at radius 2 is 0.879 bits per heavy atom. The zero-order valence-electron chi connectivity index (χ0n) is 36.1. The quantitative estimate of drug-likeness (QED) is 0.158. The number of para-hydroxylation sites is 3. The van der Waals surface area contributed by atoms with Crippen LogP contribution in [0.2, 0.25) is 0 Å². The van der Waals surface area contributed by atoms with Gasteiger partial charge in [0.05, 0.1) is 11.0 Å². The van der Waals surface area contributed by atoms with Crippen LogP contribution < -0.4 is 0 Å². The van der Waals surface area contributed by atoms with Gasteiger partial charge in [-0.2, -0.15) is 0 Å². The second-order valence-corrected chi connectivity index (χ2v) is 17.8. The predicted octanol–water partition coefficient (Wildman–Crippen LogP) is 17.8. The van der Waals surface area contributed by atoms with Crippen LogP contribution in [0.3, 0.4) is 0 Å². The maximum atomic E-state index is 7.00. The van der Waals surface area contributed by atoms with Gasteiger partial charge in [-0.25, -0.2) is 0 Å². The lowest BCUT2D eigenvalue weighted by Crippen LogP contribution is -2.02. The Hall–Kier alpha value is -8.46. The Bertz CT molecular complexity index is 4050. The predicted molar refractivity (Wildman–Crippen MR) is 280 cm³/mol. The van der Waals surface area contributed by atoms with E-state index in [4.69, 9.17) is 4.42 Å². The molecule has 11 aromatic carbocycles. The molecule has 0 N–H and O–H groups in total. The van der Waals surface area contributed by atoms with Crippen molar-refractivity contribution in [1.29, 1.82) is 0 Å². The number of fused-ring (bicyclic) bond motifs is 10. The van der Waals surface area contributed by atoms with Gasteiger partial charge >= 0.3 is 0 Å². The fourth-order valence-corrected chi connectivity index (χ4v) is 11.5. The largest absolute Gasteiger partial charge is 0.455 e. The maximum absolute atomic E-state index is 7.00. The molecular formula is C64H41NO. The minimum absolute atomic E-state index is 0.892. The van der Waals surface area contributed by atoms with Gasteiger partial charge in [-0.1, -0.05) is 188 Å². The minimum Gasteiger partial charge on any atom is -0.455 e. The average Bonchev–Trinajstić information content (AvgIpc) is 3.93. The molecule has 0 saturated heterocycles. The van der Waals surface area contributed by atoms with E-state index in [0.29, 0.717) is 0 Å². The second-order valence-electron chi connectivity index (χ2n) is 17.8. The van der Waals surface area contributed by atoms with Gasteiger partial charge in [-0.05, 0) is 126 Å². The highest BCUT2D eigenvalue weighted by Crippen LogP contribution is 2.49. The van der Waals surface area contributed by atoms with E-state index in [1.807, 2.05) is 0 Å². The van der Waals surface area contributed by atoms with Crippen LogP contribution in [-0.4, -0.2) is 4.57 Å². The summed E-state index contributed by atoms with van der Waals surface area (Å²) in [6, 6.07) is 77.9. The van der Waals surface area contributed by atoms with E-state index < -0.39 is 0 Å². The summed E-state index contributed by atoms with van der Waals surface area (Å²) in [5.41, 5.74) is 17.9. The highest BCUT2D eigenvalue weighted by molar-refractivity contribution is 6.23. The number of hydrogen-bond donors (Lipinski definition) is 0. The SMILES string of the molecule is C1=Cc2c(c(-c3ccccc3)c3ccccc3c2-c2cccc3c2oc2ccc(-c4c5ccccc5c(-c5cccc(-n6c7ccccc7c7ccccc76)c5)c5ccccc45)cc23)CC1. The van der Waals surface area contributed by atoms with Crippen LogP contribution >= 0.6 is 0 Å². The Kier molecular flexibility index (Phi) is 8.14. The van der Waals surface area contributed by atoms with Crippen LogP contribution in [0, 0.1) is 0 Å². The molecule has 0 radical (unpaired) electrons. The van der Waals surface area contributed by atoms with E-state index in [0.717, 1.165) is 46.0 Å². The van der Waals surface area contributed by atoms with Crippen molar-refractivity contribution in [3.8, 4) is 50.2 Å². The molecule has 0 fully saturated rings. The summed E-state index contributed by atoms with van der Waals surface area (Å²) >= 11 is 0. The van der Waals surface area contributed by atoms with Gasteiger partial charge in [0.1, 0.15) is 11.2 Å². The van der Waals surface area contributed by atoms with E-state index in [9.17, 15) is 0 Å². The lowest BCUT2D eigenvalue weighted by molar-refractivity contribution is 0.670. The van der Waals surface area contributed by atoms with E-state index >= 15 is 0 Å². The van der Waals surface area contributed by atoms with E-state index in [2.05, 4.69) is 229 Å². The first-order valence-corrected chi connectivity index (χ1v) is 23.1. The van der Waals surface area contributed by atoms with E-state index in [1.54, 1.807) is 0 Å². The Balaban J connectivity index is 0.967. The number of allylic oxidation sites excluding steroid dienone is 1. The number of nitrogens with zero attached hydrogens (tertiary/aromatic N) is 1. The van der Waals surface area contributed by atoms with Gasteiger partial charge in [-0.3, -0.25) is 0 Å². The van der Waals surface area contributed by atoms with Crippen molar-refractivity contribution >= 4 is 82.1 Å². The van der Waals surface area contributed by atoms with Gasteiger partial charge in [-0.15, -0.1) is 0 Å². The molecule has 308 valence electrons. The highest BCUT2D eigenvalue weighted by Gasteiger charge is 2.25. The fourth-order valence-electron chi connectivity index (χ4n) is 11.5. The molecule has 14 rings (SSSR count). The molecule has 0 atom stereocenters. The molecule has 0 amide bonds. The third-order valence-corrected chi connectivity index (χ3v) is 14.2. The summed E-state index contributed by atoms with van der Waals surface area (Å²) in [7, 11) is 0. The fraction of sp³-hybridized carbons (Fsp3) is 0.0312. The van der Waals surface area contributed by atoms with Crippen LogP contribution in [-0.2, 0) is 6.42 Å². The number of benzene rings is 11. The van der Waals surface area contributed by atoms with Crippen LogP contribution in [0.25, 0.3) is 132 Å². The monoisotopic (exact) mass is 839 g/mol. The lowest BCUT2D eigenvalue weighted by atomic mass is 9.80.